The van der Waals surface area contributed by atoms with Crippen LogP contribution in [-0.2, 0) is 12.8 Å². The first-order valence-corrected chi connectivity index (χ1v) is 7.14. The van der Waals surface area contributed by atoms with E-state index in [-0.39, 0.29) is 0 Å². The first-order valence-electron chi connectivity index (χ1n) is 7.14. The summed E-state index contributed by atoms with van der Waals surface area (Å²) in [5, 5.41) is 3.47. The lowest BCUT2D eigenvalue weighted by atomic mass is 9.93. The van der Waals surface area contributed by atoms with E-state index in [1.807, 2.05) is 7.05 Å². The molecule has 1 nitrogen and oxygen atoms in total. The second-order valence-electron chi connectivity index (χ2n) is 5.46. The molecule has 3 rings (SSSR count). The molecule has 2 aromatic rings. The second-order valence-corrected chi connectivity index (χ2v) is 5.46. The smallest absolute Gasteiger partial charge is 0.0576 e. The minimum atomic E-state index is 0.298. The molecular formula is C18H21N. The summed E-state index contributed by atoms with van der Waals surface area (Å²) in [6.45, 7) is 2.19. The Morgan fingerprint density at radius 3 is 2.58 bits per heavy atom. The van der Waals surface area contributed by atoms with Crippen molar-refractivity contribution in [1.29, 1.82) is 0 Å². The van der Waals surface area contributed by atoms with Crippen molar-refractivity contribution < 1.29 is 0 Å². The normalized spacial score (nSPS) is 15.3. The minimum Gasteiger partial charge on any atom is -0.309 e. The molecule has 0 aromatic heterocycles. The summed E-state index contributed by atoms with van der Waals surface area (Å²) in [5.74, 6) is 0. The van der Waals surface area contributed by atoms with Crippen LogP contribution in [0, 0.1) is 6.92 Å². The third-order valence-electron chi connectivity index (χ3n) is 4.24. The Kier molecular flexibility index (Phi) is 3.39. The average Bonchev–Trinajstić information content (AvgIpc) is 2.89. The molecule has 0 saturated carbocycles. The maximum atomic E-state index is 3.47. The number of rotatable bonds is 3. The minimum absolute atomic E-state index is 0.298. The van der Waals surface area contributed by atoms with Crippen molar-refractivity contribution in [3.63, 3.8) is 0 Å². The Labute approximate surface area is 115 Å². The van der Waals surface area contributed by atoms with Gasteiger partial charge in [-0.3, -0.25) is 0 Å². The van der Waals surface area contributed by atoms with E-state index in [0.717, 1.165) is 0 Å². The highest BCUT2D eigenvalue weighted by atomic mass is 14.9. The van der Waals surface area contributed by atoms with Crippen LogP contribution in [0.3, 0.4) is 0 Å². The molecule has 2 aromatic carbocycles. The molecule has 0 saturated heterocycles. The lowest BCUT2D eigenvalue weighted by Gasteiger charge is -2.20. The summed E-state index contributed by atoms with van der Waals surface area (Å²) in [6.07, 6.45) is 3.81. The van der Waals surface area contributed by atoms with Crippen LogP contribution < -0.4 is 5.32 Å². The molecule has 1 aliphatic rings. The fourth-order valence-electron chi connectivity index (χ4n) is 3.18. The number of hydrogen-bond acceptors (Lipinski definition) is 1. The van der Waals surface area contributed by atoms with Crippen molar-refractivity contribution in [2.24, 2.45) is 0 Å². The monoisotopic (exact) mass is 251 g/mol. The van der Waals surface area contributed by atoms with Gasteiger partial charge in [-0.15, -0.1) is 0 Å². The molecule has 0 heterocycles. The third-order valence-corrected chi connectivity index (χ3v) is 4.24. The van der Waals surface area contributed by atoms with Gasteiger partial charge in [-0.05, 0) is 61.1 Å². The van der Waals surface area contributed by atoms with Crippen LogP contribution in [0.5, 0.6) is 0 Å². The van der Waals surface area contributed by atoms with Gasteiger partial charge in [0.05, 0.1) is 6.04 Å². The molecule has 98 valence electrons. The van der Waals surface area contributed by atoms with Crippen LogP contribution >= 0.6 is 0 Å². The van der Waals surface area contributed by atoms with E-state index < -0.39 is 0 Å². The van der Waals surface area contributed by atoms with E-state index in [9.17, 15) is 0 Å². The van der Waals surface area contributed by atoms with Gasteiger partial charge in [-0.25, -0.2) is 0 Å². The van der Waals surface area contributed by atoms with Crippen LogP contribution in [0.2, 0.25) is 0 Å². The average molecular weight is 251 g/mol. The molecule has 1 heteroatoms. The highest BCUT2D eigenvalue weighted by Gasteiger charge is 2.17. The number of nitrogens with one attached hydrogen (secondary N) is 1. The van der Waals surface area contributed by atoms with Gasteiger partial charge in [0.1, 0.15) is 0 Å². The molecule has 0 fully saturated rings. The predicted molar refractivity (Wildman–Crippen MR) is 80.5 cm³/mol. The first-order chi connectivity index (χ1) is 9.29. The lowest BCUT2D eigenvalue weighted by Crippen LogP contribution is -2.18. The van der Waals surface area contributed by atoms with E-state index in [2.05, 4.69) is 54.7 Å². The third kappa shape index (κ3) is 2.31. The predicted octanol–water partition coefficient (Wildman–Crippen LogP) is 3.79. The van der Waals surface area contributed by atoms with Crippen molar-refractivity contribution in [3.8, 4) is 0 Å². The fraction of sp³-hybridized carbons (Fsp3) is 0.333. The topological polar surface area (TPSA) is 12.0 Å². The van der Waals surface area contributed by atoms with Crippen LogP contribution in [0.1, 0.15) is 40.3 Å². The highest BCUT2D eigenvalue weighted by molar-refractivity contribution is 5.42. The largest absolute Gasteiger partial charge is 0.309 e. The van der Waals surface area contributed by atoms with Gasteiger partial charge >= 0.3 is 0 Å². The van der Waals surface area contributed by atoms with Gasteiger partial charge in [0.2, 0.25) is 0 Å². The summed E-state index contributed by atoms with van der Waals surface area (Å²) in [5.41, 5.74) is 7.21. The van der Waals surface area contributed by atoms with Crippen molar-refractivity contribution in [2.75, 3.05) is 7.05 Å². The summed E-state index contributed by atoms with van der Waals surface area (Å²) in [6, 6.07) is 16.0. The first kappa shape index (κ1) is 12.4. The number of hydrogen-bond donors (Lipinski definition) is 1. The SMILES string of the molecule is CNC(c1ccc2c(c1)CCC2)c1ccccc1C. The molecule has 19 heavy (non-hydrogen) atoms. The maximum absolute atomic E-state index is 3.47. The maximum Gasteiger partial charge on any atom is 0.0576 e. The zero-order valence-corrected chi connectivity index (χ0v) is 11.7. The Morgan fingerprint density at radius 2 is 1.79 bits per heavy atom. The van der Waals surface area contributed by atoms with Gasteiger partial charge in [0.15, 0.2) is 0 Å². The van der Waals surface area contributed by atoms with E-state index in [4.69, 9.17) is 0 Å². The highest BCUT2D eigenvalue weighted by Crippen LogP contribution is 2.29. The standard InChI is InChI=1S/C18H21N/c1-13-6-3-4-9-17(13)18(19-2)16-11-10-14-7-5-8-15(14)12-16/h3-4,6,9-12,18-19H,5,7-8H2,1-2H3. The quantitative estimate of drug-likeness (QED) is 0.875. The van der Waals surface area contributed by atoms with Crippen LogP contribution in [-0.4, -0.2) is 7.05 Å². The Balaban J connectivity index is 2.01. The van der Waals surface area contributed by atoms with Gasteiger partial charge in [0, 0.05) is 0 Å². The van der Waals surface area contributed by atoms with E-state index >= 15 is 0 Å². The van der Waals surface area contributed by atoms with Crippen molar-refractivity contribution in [1.82, 2.24) is 5.32 Å². The molecule has 0 spiro atoms. The Morgan fingerprint density at radius 1 is 1.00 bits per heavy atom. The summed E-state index contributed by atoms with van der Waals surface area (Å²) in [4.78, 5) is 0. The van der Waals surface area contributed by atoms with Gasteiger partial charge in [0.25, 0.3) is 0 Å². The van der Waals surface area contributed by atoms with E-state index in [1.165, 1.54) is 36.0 Å². The van der Waals surface area contributed by atoms with Gasteiger partial charge in [-0.1, -0.05) is 42.5 Å². The molecular weight excluding hydrogens is 230 g/mol. The fourth-order valence-corrected chi connectivity index (χ4v) is 3.18. The molecule has 1 N–H and O–H groups in total. The van der Waals surface area contributed by atoms with Crippen LogP contribution in [0.25, 0.3) is 0 Å². The molecule has 1 unspecified atom stereocenters. The Hall–Kier alpha value is -1.60. The van der Waals surface area contributed by atoms with Gasteiger partial charge < -0.3 is 5.32 Å². The zero-order chi connectivity index (χ0) is 13.2. The summed E-state index contributed by atoms with van der Waals surface area (Å²) < 4.78 is 0. The number of benzene rings is 2. The molecule has 1 aliphatic carbocycles. The zero-order valence-electron chi connectivity index (χ0n) is 11.7. The molecule has 0 aliphatic heterocycles. The molecule has 0 bridgehead atoms. The number of fused-ring (bicyclic) bond motifs is 1. The summed E-state index contributed by atoms with van der Waals surface area (Å²) >= 11 is 0. The van der Waals surface area contributed by atoms with Gasteiger partial charge in [-0.2, -0.15) is 0 Å². The molecule has 1 atom stereocenters. The van der Waals surface area contributed by atoms with Crippen LogP contribution in [0.15, 0.2) is 42.5 Å². The molecule has 0 radical (unpaired) electrons. The van der Waals surface area contributed by atoms with E-state index in [0.29, 0.717) is 6.04 Å². The lowest BCUT2D eigenvalue weighted by molar-refractivity contribution is 0.686. The Bertz CT molecular complexity index is 586. The van der Waals surface area contributed by atoms with Crippen molar-refractivity contribution >= 4 is 0 Å². The summed E-state index contributed by atoms with van der Waals surface area (Å²) in [7, 11) is 2.05. The van der Waals surface area contributed by atoms with Crippen molar-refractivity contribution in [3.05, 3.63) is 70.3 Å². The van der Waals surface area contributed by atoms with Crippen molar-refractivity contribution in [2.45, 2.75) is 32.2 Å². The van der Waals surface area contributed by atoms with Crippen LogP contribution in [0.4, 0.5) is 0 Å². The number of aryl methyl sites for hydroxylation is 3. The second kappa shape index (κ2) is 5.18. The molecule has 0 amide bonds. The van der Waals surface area contributed by atoms with E-state index in [1.54, 1.807) is 11.1 Å².